The van der Waals surface area contributed by atoms with Crippen molar-refractivity contribution in [2.24, 2.45) is 0 Å². The smallest absolute Gasteiger partial charge is 0.269 e. The van der Waals surface area contributed by atoms with Gasteiger partial charge in [-0.2, -0.15) is 0 Å². The molecular formula is C26H22BrN5O7. The lowest BCUT2D eigenvalue weighted by atomic mass is 10.0. The number of ether oxygens (including phenoxy) is 1. The van der Waals surface area contributed by atoms with Crippen LogP contribution in [0, 0.1) is 10.1 Å². The Kier molecular flexibility index (Phi) is 7.21. The summed E-state index contributed by atoms with van der Waals surface area (Å²) in [5.41, 5.74) is 1.45. The lowest BCUT2D eigenvalue weighted by molar-refractivity contribution is -0.384. The summed E-state index contributed by atoms with van der Waals surface area (Å²) in [5, 5.41) is 30.2. The Morgan fingerprint density at radius 1 is 1.18 bits per heavy atom. The molecule has 39 heavy (non-hydrogen) atoms. The predicted molar refractivity (Wildman–Crippen MR) is 139 cm³/mol. The molecule has 0 radical (unpaired) electrons. The second kappa shape index (κ2) is 10.6. The molecule has 1 N–H and O–H groups in total. The number of aromatic nitrogens is 3. The zero-order valence-corrected chi connectivity index (χ0v) is 22.1. The number of nitrogens with zero attached hydrogens (tertiary/aromatic N) is 5. The van der Waals surface area contributed by atoms with Crippen molar-refractivity contribution >= 4 is 39.1 Å². The van der Waals surface area contributed by atoms with Crippen molar-refractivity contribution in [1.82, 2.24) is 19.9 Å². The Morgan fingerprint density at radius 2 is 1.87 bits per heavy atom. The van der Waals surface area contributed by atoms with Crippen molar-refractivity contribution in [1.29, 1.82) is 0 Å². The number of rotatable bonds is 7. The average molecular weight is 596 g/mol. The maximum absolute atomic E-state index is 13.4. The summed E-state index contributed by atoms with van der Waals surface area (Å²) in [5.74, 6) is -1.08. The van der Waals surface area contributed by atoms with Crippen LogP contribution in [0.1, 0.15) is 35.8 Å². The van der Waals surface area contributed by atoms with Crippen LogP contribution in [0.15, 0.2) is 64.8 Å². The first-order valence-electron chi connectivity index (χ1n) is 12.0. The second-order valence-corrected chi connectivity index (χ2v) is 10.2. The highest BCUT2D eigenvalue weighted by Gasteiger charge is 2.41. The lowest BCUT2D eigenvalue weighted by Gasteiger charge is -2.28. The third-order valence-corrected chi connectivity index (χ3v) is 7.18. The van der Waals surface area contributed by atoms with Crippen LogP contribution in [0.5, 0.6) is 0 Å². The number of carbonyl (C=O) groups excluding carboxylic acids is 3. The first kappa shape index (κ1) is 26.5. The Morgan fingerprint density at radius 3 is 2.54 bits per heavy atom. The van der Waals surface area contributed by atoms with Gasteiger partial charge in [-0.1, -0.05) is 21.1 Å². The van der Waals surface area contributed by atoms with Crippen LogP contribution in [0.3, 0.4) is 0 Å². The number of carbonyl (C=O) groups is 3. The number of aliphatic hydroxyl groups is 1. The fraction of sp³-hybridized carbons (Fsp3) is 0.269. The zero-order valence-electron chi connectivity index (χ0n) is 20.6. The monoisotopic (exact) mass is 595 g/mol. The minimum Gasteiger partial charge on any atom is -0.390 e. The van der Waals surface area contributed by atoms with Gasteiger partial charge in [0.1, 0.15) is 18.0 Å². The molecule has 2 aliphatic rings. The van der Waals surface area contributed by atoms with Crippen LogP contribution in [-0.2, 0) is 20.9 Å². The maximum atomic E-state index is 13.4. The molecule has 0 aliphatic carbocycles. The van der Waals surface area contributed by atoms with E-state index in [1.165, 1.54) is 40.0 Å². The van der Waals surface area contributed by atoms with Crippen molar-refractivity contribution < 1.29 is 29.2 Å². The largest absolute Gasteiger partial charge is 0.390 e. The van der Waals surface area contributed by atoms with Gasteiger partial charge < -0.3 is 9.84 Å². The Labute approximate surface area is 230 Å². The topological polar surface area (TPSA) is 158 Å². The number of hydrogen-bond donors (Lipinski definition) is 1. The van der Waals surface area contributed by atoms with Gasteiger partial charge in [-0.15, -0.1) is 5.10 Å². The van der Waals surface area contributed by atoms with Crippen LogP contribution in [0.4, 0.5) is 5.69 Å². The van der Waals surface area contributed by atoms with E-state index in [0.29, 0.717) is 22.4 Å². The number of halogens is 1. The first-order valence-corrected chi connectivity index (χ1v) is 12.8. The molecule has 5 rings (SSSR count). The van der Waals surface area contributed by atoms with Gasteiger partial charge in [0.15, 0.2) is 11.5 Å². The summed E-state index contributed by atoms with van der Waals surface area (Å²) in [6.45, 7) is 1.59. The SMILES string of the molecule is CC1=CN([C@H]2C[C@H](O)[C@@H](Cn3nnc(C(=O)c4ccc(Br)cc4)c3-c3ccc([N+](=O)[O-])cc3)O2)C(=O)CC1=O. The Balaban J connectivity index is 1.47. The highest BCUT2D eigenvalue weighted by molar-refractivity contribution is 9.10. The standard InChI is InChI=1S/C26H22BrN5O7/c1-14-12-30(22(35)10-19(14)33)23-11-20(34)21(39-23)13-31-25(15-4-8-18(9-5-15)32(37)38)24(28-29-31)26(36)16-2-6-17(27)7-3-16/h2-9,12,20-21,23,34H,10-11,13H2,1H3/t20-,21+,23+/m0/s1. The maximum Gasteiger partial charge on any atom is 0.269 e. The van der Waals surface area contributed by atoms with E-state index in [0.717, 1.165) is 4.47 Å². The van der Waals surface area contributed by atoms with Gasteiger partial charge in [-0.3, -0.25) is 29.4 Å². The molecule has 3 heterocycles. The first-order chi connectivity index (χ1) is 18.6. The van der Waals surface area contributed by atoms with E-state index < -0.39 is 35.0 Å². The number of ketones is 2. The molecule has 13 heteroatoms. The molecule has 0 bridgehead atoms. The molecule has 0 saturated carbocycles. The van der Waals surface area contributed by atoms with Gasteiger partial charge in [0.2, 0.25) is 11.7 Å². The third-order valence-electron chi connectivity index (χ3n) is 6.65. The molecule has 2 aromatic carbocycles. The fourth-order valence-corrected chi connectivity index (χ4v) is 4.81. The van der Waals surface area contributed by atoms with E-state index in [9.17, 15) is 29.6 Å². The number of benzene rings is 2. The lowest BCUT2D eigenvalue weighted by Crippen LogP contribution is -2.40. The summed E-state index contributed by atoms with van der Waals surface area (Å²) in [6.07, 6.45) is -1.30. The van der Waals surface area contributed by atoms with Gasteiger partial charge in [0.05, 0.1) is 24.0 Å². The molecule has 3 atom stereocenters. The second-order valence-electron chi connectivity index (χ2n) is 9.25. The van der Waals surface area contributed by atoms with E-state index in [-0.39, 0.29) is 36.6 Å². The minimum absolute atomic E-state index is 0.0196. The van der Waals surface area contributed by atoms with Crippen molar-refractivity contribution in [3.8, 4) is 11.3 Å². The highest BCUT2D eigenvalue weighted by Crippen LogP contribution is 2.31. The van der Waals surface area contributed by atoms with Crippen molar-refractivity contribution in [3.05, 3.63) is 86.1 Å². The van der Waals surface area contributed by atoms with Crippen LogP contribution in [0.25, 0.3) is 11.3 Å². The molecule has 0 unspecified atom stereocenters. The molecule has 1 fully saturated rings. The molecule has 1 saturated heterocycles. The number of non-ortho nitro benzene ring substituents is 1. The molecule has 0 spiro atoms. The fourth-order valence-electron chi connectivity index (χ4n) is 4.54. The van der Waals surface area contributed by atoms with Gasteiger partial charge in [0, 0.05) is 45.9 Å². The van der Waals surface area contributed by atoms with Gasteiger partial charge in [-0.25, -0.2) is 4.68 Å². The summed E-state index contributed by atoms with van der Waals surface area (Å²) in [6, 6.07) is 12.3. The van der Waals surface area contributed by atoms with Crippen LogP contribution in [0.2, 0.25) is 0 Å². The quantitative estimate of drug-likeness (QED) is 0.187. The van der Waals surface area contributed by atoms with Gasteiger partial charge in [0.25, 0.3) is 5.69 Å². The van der Waals surface area contributed by atoms with E-state index in [4.69, 9.17) is 4.74 Å². The van der Waals surface area contributed by atoms with Gasteiger partial charge in [-0.05, 0) is 43.3 Å². The minimum atomic E-state index is -0.978. The van der Waals surface area contributed by atoms with Crippen LogP contribution < -0.4 is 0 Å². The van der Waals surface area contributed by atoms with E-state index >= 15 is 0 Å². The number of aliphatic hydroxyl groups excluding tert-OH is 1. The van der Waals surface area contributed by atoms with Crippen molar-refractivity contribution in [2.45, 2.75) is 44.7 Å². The molecule has 2 aliphatic heterocycles. The number of Topliss-reactive ketones (excluding diaryl/α,β-unsaturated/α-hetero) is 1. The summed E-state index contributed by atoms with van der Waals surface area (Å²) >= 11 is 3.34. The highest BCUT2D eigenvalue weighted by atomic mass is 79.9. The summed E-state index contributed by atoms with van der Waals surface area (Å²) in [7, 11) is 0. The van der Waals surface area contributed by atoms with E-state index in [1.54, 1.807) is 31.2 Å². The molecule has 3 aromatic rings. The van der Waals surface area contributed by atoms with Crippen LogP contribution in [-0.4, -0.2) is 65.8 Å². The zero-order chi connectivity index (χ0) is 27.8. The average Bonchev–Trinajstić information content (AvgIpc) is 3.49. The number of nitro groups is 1. The molecule has 1 amide bonds. The van der Waals surface area contributed by atoms with E-state index in [2.05, 4.69) is 26.2 Å². The third kappa shape index (κ3) is 5.28. The predicted octanol–water partition coefficient (Wildman–Crippen LogP) is 3.03. The van der Waals surface area contributed by atoms with Crippen molar-refractivity contribution in [3.63, 3.8) is 0 Å². The Bertz CT molecular complexity index is 1500. The summed E-state index contributed by atoms with van der Waals surface area (Å²) < 4.78 is 8.21. The number of nitro benzene ring substituents is 1. The molecule has 200 valence electrons. The van der Waals surface area contributed by atoms with Crippen LogP contribution >= 0.6 is 15.9 Å². The summed E-state index contributed by atoms with van der Waals surface area (Å²) in [4.78, 5) is 49.6. The normalized spacial score (nSPS) is 21.3. The van der Waals surface area contributed by atoms with E-state index in [1.807, 2.05) is 0 Å². The molecule has 1 aromatic heterocycles. The number of hydrogen-bond acceptors (Lipinski definition) is 9. The number of amides is 1. The number of allylic oxidation sites excluding steroid dienone is 1. The molecular weight excluding hydrogens is 574 g/mol. The van der Waals surface area contributed by atoms with Gasteiger partial charge >= 0.3 is 0 Å². The molecule has 12 nitrogen and oxygen atoms in total. The van der Waals surface area contributed by atoms with Crippen molar-refractivity contribution in [2.75, 3.05) is 0 Å². The Hall–Kier alpha value is -4.07.